The molecule has 0 radical (unpaired) electrons. The van der Waals surface area contributed by atoms with Gasteiger partial charge in [-0.25, -0.2) is 0 Å². The zero-order chi connectivity index (χ0) is 50.0. The molecule has 0 aliphatic rings. The number of hydrogen-bond donors (Lipinski definition) is 4. The molecular weight excluding hydrogens is 847 g/mol. The second-order valence-corrected chi connectivity index (χ2v) is 21.6. The number of aliphatic hydroxyl groups is 3. The average Bonchev–Trinajstić information content (AvgIpc) is 3.35. The van der Waals surface area contributed by atoms with Crippen molar-refractivity contribution in [1.82, 2.24) is 5.32 Å². The maximum Gasteiger partial charge on any atom is 0.220 e. The Morgan fingerprint density at radius 3 is 0.884 bits per heavy atom. The predicted molar refractivity (Wildman–Crippen MR) is 305 cm³/mol. The number of allylic oxidation sites excluding steroid dienone is 6. The van der Waals surface area contributed by atoms with Gasteiger partial charge < -0.3 is 20.6 Å². The van der Waals surface area contributed by atoms with Gasteiger partial charge in [0.1, 0.15) is 6.10 Å². The van der Waals surface area contributed by atoms with E-state index in [4.69, 9.17) is 0 Å². The van der Waals surface area contributed by atoms with Crippen LogP contribution < -0.4 is 5.32 Å². The van der Waals surface area contributed by atoms with Crippen molar-refractivity contribution in [3.05, 3.63) is 36.5 Å². The Labute approximate surface area is 432 Å². The van der Waals surface area contributed by atoms with Crippen LogP contribution in [0.15, 0.2) is 36.5 Å². The molecule has 408 valence electrons. The van der Waals surface area contributed by atoms with E-state index in [-0.39, 0.29) is 12.5 Å². The summed E-state index contributed by atoms with van der Waals surface area (Å²) in [6.07, 6.45) is 77.8. The summed E-state index contributed by atoms with van der Waals surface area (Å²) in [5.74, 6) is -0.154. The largest absolute Gasteiger partial charge is 0.394 e. The molecule has 0 spiro atoms. The molecule has 0 heterocycles. The van der Waals surface area contributed by atoms with Crippen LogP contribution in [0, 0.1) is 0 Å². The molecule has 69 heavy (non-hydrogen) atoms. The lowest BCUT2D eigenvalue weighted by molar-refractivity contribution is -0.124. The molecule has 0 aliphatic carbocycles. The molecule has 0 saturated heterocycles. The molecule has 0 fully saturated rings. The standard InChI is InChI=1S/C64H123NO4/c1-3-5-7-9-11-13-15-17-19-21-22-23-24-25-26-27-28-29-30-31-32-33-34-35-36-37-38-39-40-41-42-43-45-47-49-51-53-55-57-59-63(68)65-61(60-66)64(69)62(67)58-56-54-52-50-48-46-44-20-18-16-14-12-10-8-6-4-2/h20,31-32,44,50,52,61-62,64,66-67,69H,3-19,21-30,33-43,45-49,51,53-60H2,1-2H3,(H,65,68)/b32-31-,44-20+,52-50+. The molecule has 5 heteroatoms. The lowest BCUT2D eigenvalue weighted by atomic mass is 10.0. The molecule has 0 rings (SSSR count). The molecule has 0 aromatic rings. The van der Waals surface area contributed by atoms with Gasteiger partial charge in [-0.3, -0.25) is 4.79 Å². The van der Waals surface area contributed by atoms with Crippen LogP contribution in [-0.4, -0.2) is 46.1 Å². The minimum absolute atomic E-state index is 0.154. The van der Waals surface area contributed by atoms with Crippen LogP contribution in [0.4, 0.5) is 0 Å². The molecule has 0 aromatic carbocycles. The summed E-state index contributed by atoms with van der Waals surface area (Å²) in [5, 5.41) is 33.7. The van der Waals surface area contributed by atoms with E-state index in [9.17, 15) is 20.1 Å². The maximum absolute atomic E-state index is 12.5. The van der Waals surface area contributed by atoms with Gasteiger partial charge >= 0.3 is 0 Å². The third-order valence-electron chi connectivity index (χ3n) is 14.7. The van der Waals surface area contributed by atoms with E-state index >= 15 is 0 Å². The van der Waals surface area contributed by atoms with Gasteiger partial charge in [-0.2, -0.15) is 0 Å². The first kappa shape index (κ1) is 67.6. The zero-order valence-electron chi connectivity index (χ0n) is 46.7. The molecule has 3 unspecified atom stereocenters. The van der Waals surface area contributed by atoms with Crippen molar-refractivity contribution in [1.29, 1.82) is 0 Å². The minimum Gasteiger partial charge on any atom is -0.394 e. The van der Waals surface area contributed by atoms with Gasteiger partial charge in [0.25, 0.3) is 0 Å². The first-order chi connectivity index (χ1) is 34.1. The normalized spacial score (nSPS) is 13.4. The molecule has 0 saturated carbocycles. The van der Waals surface area contributed by atoms with Crippen molar-refractivity contribution in [2.45, 2.75) is 360 Å². The fourth-order valence-electron chi connectivity index (χ4n) is 9.88. The van der Waals surface area contributed by atoms with E-state index in [2.05, 4.69) is 55.6 Å². The Morgan fingerprint density at radius 1 is 0.348 bits per heavy atom. The van der Waals surface area contributed by atoms with Crippen LogP contribution in [0.5, 0.6) is 0 Å². The minimum atomic E-state index is -1.17. The summed E-state index contributed by atoms with van der Waals surface area (Å²) in [5.41, 5.74) is 0. The van der Waals surface area contributed by atoms with Crippen molar-refractivity contribution in [3.8, 4) is 0 Å². The first-order valence-corrected chi connectivity index (χ1v) is 31.3. The number of nitrogens with one attached hydrogen (secondary N) is 1. The van der Waals surface area contributed by atoms with Crippen LogP contribution in [0.2, 0.25) is 0 Å². The van der Waals surface area contributed by atoms with Gasteiger partial charge in [0, 0.05) is 6.42 Å². The highest BCUT2D eigenvalue weighted by molar-refractivity contribution is 5.76. The average molecular weight is 971 g/mol. The molecule has 4 N–H and O–H groups in total. The molecule has 1 amide bonds. The quantitative estimate of drug-likeness (QED) is 0.0361. The highest BCUT2D eigenvalue weighted by atomic mass is 16.3. The van der Waals surface area contributed by atoms with E-state index in [0.29, 0.717) is 12.8 Å². The fourth-order valence-corrected chi connectivity index (χ4v) is 9.88. The second-order valence-electron chi connectivity index (χ2n) is 21.6. The van der Waals surface area contributed by atoms with E-state index < -0.39 is 18.2 Å². The van der Waals surface area contributed by atoms with Gasteiger partial charge in [0.2, 0.25) is 5.91 Å². The van der Waals surface area contributed by atoms with Crippen LogP contribution in [-0.2, 0) is 4.79 Å². The van der Waals surface area contributed by atoms with Gasteiger partial charge in [0.15, 0.2) is 0 Å². The van der Waals surface area contributed by atoms with Crippen molar-refractivity contribution < 1.29 is 20.1 Å². The lowest BCUT2D eigenvalue weighted by Gasteiger charge is -2.26. The summed E-state index contributed by atoms with van der Waals surface area (Å²) in [6.45, 7) is 4.19. The number of amides is 1. The Balaban J connectivity index is 3.46. The van der Waals surface area contributed by atoms with Gasteiger partial charge in [0.05, 0.1) is 18.8 Å². The lowest BCUT2D eigenvalue weighted by Crippen LogP contribution is -2.50. The first-order valence-electron chi connectivity index (χ1n) is 31.3. The summed E-state index contributed by atoms with van der Waals surface area (Å²) in [6, 6.07) is -0.832. The highest BCUT2D eigenvalue weighted by Gasteiger charge is 2.26. The number of unbranched alkanes of at least 4 members (excludes halogenated alkanes) is 44. The SMILES string of the molecule is CCCCCCCCC/C=C/CC/C=C/CCCC(O)C(O)C(CO)NC(=O)CCCCCCCCCCCCCCCCCCC/C=C\CCCCCCCCCCCCCCCCCCCC. The number of carbonyl (C=O) groups excluding carboxylic acids is 1. The Morgan fingerprint density at radius 2 is 0.594 bits per heavy atom. The maximum atomic E-state index is 12.5. The summed E-state index contributed by atoms with van der Waals surface area (Å²) in [4.78, 5) is 12.5. The molecule has 0 aromatic heterocycles. The van der Waals surface area contributed by atoms with E-state index in [1.807, 2.05) is 0 Å². The summed E-state index contributed by atoms with van der Waals surface area (Å²) >= 11 is 0. The Bertz CT molecular complexity index is 1070. The number of carbonyl (C=O) groups is 1. The van der Waals surface area contributed by atoms with E-state index in [0.717, 1.165) is 44.9 Å². The van der Waals surface area contributed by atoms with Gasteiger partial charge in [-0.05, 0) is 77.0 Å². The molecule has 3 atom stereocenters. The highest BCUT2D eigenvalue weighted by Crippen LogP contribution is 2.18. The summed E-state index contributed by atoms with van der Waals surface area (Å²) < 4.78 is 0. The molecule has 0 bridgehead atoms. The number of aliphatic hydroxyl groups excluding tert-OH is 3. The van der Waals surface area contributed by atoms with Crippen molar-refractivity contribution >= 4 is 5.91 Å². The number of rotatable bonds is 58. The van der Waals surface area contributed by atoms with Crippen LogP contribution in [0.25, 0.3) is 0 Å². The number of hydrogen-bond acceptors (Lipinski definition) is 4. The molecule has 5 nitrogen and oxygen atoms in total. The van der Waals surface area contributed by atoms with E-state index in [1.165, 1.54) is 270 Å². The van der Waals surface area contributed by atoms with Crippen LogP contribution in [0.3, 0.4) is 0 Å². The fraction of sp³-hybridized carbons (Fsp3) is 0.891. The van der Waals surface area contributed by atoms with Crippen molar-refractivity contribution in [2.24, 2.45) is 0 Å². The third-order valence-corrected chi connectivity index (χ3v) is 14.7. The topological polar surface area (TPSA) is 89.8 Å². The smallest absolute Gasteiger partial charge is 0.220 e. The molecule has 0 aliphatic heterocycles. The van der Waals surface area contributed by atoms with Crippen LogP contribution >= 0.6 is 0 Å². The predicted octanol–water partition coefficient (Wildman–Crippen LogP) is 19.8. The Hall–Kier alpha value is -1.43. The Kier molecular flexibility index (Phi) is 57.9. The van der Waals surface area contributed by atoms with Gasteiger partial charge in [-0.15, -0.1) is 0 Å². The molecular formula is C64H123NO4. The van der Waals surface area contributed by atoms with Crippen LogP contribution in [0.1, 0.15) is 341 Å². The summed E-state index contributed by atoms with van der Waals surface area (Å²) in [7, 11) is 0. The second kappa shape index (κ2) is 59.1. The zero-order valence-corrected chi connectivity index (χ0v) is 46.7. The monoisotopic (exact) mass is 970 g/mol. The third kappa shape index (κ3) is 54.2. The van der Waals surface area contributed by atoms with E-state index in [1.54, 1.807) is 0 Å². The van der Waals surface area contributed by atoms with Gasteiger partial charge in [-0.1, -0.05) is 294 Å². The van der Waals surface area contributed by atoms with Crippen molar-refractivity contribution in [3.63, 3.8) is 0 Å². The van der Waals surface area contributed by atoms with Crippen molar-refractivity contribution in [2.75, 3.05) is 6.61 Å².